The monoisotopic (exact) mass is 264 g/mol. The van der Waals surface area contributed by atoms with E-state index in [0.717, 1.165) is 0 Å². The molecular weight excluding hydrogens is 240 g/mol. The van der Waals surface area contributed by atoms with Crippen LogP contribution in [0.2, 0.25) is 0 Å². The van der Waals surface area contributed by atoms with Gasteiger partial charge in [-0.3, -0.25) is 0 Å². The van der Waals surface area contributed by atoms with E-state index in [9.17, 15) is 0 Å². The molecule has 0 spiro atoms. The van der Waals surface area contributed by atoms with Gasteiger partial charge in [0.15, 0.2) is 0 Å². The van der Waals surface area contributed by atoms with Gasteiger partial charge in [0.2, 0.25) is 0 Å². The highest BCUT2D eigenvalue weighted by Gasteiger charge is 2.11. The van der Waals surface area contributed by atoms with E-state index in [1.807, 2.05) is 0 Å². The Labute approximate surface area is 123 Å². The highest BCUT2D eigenvalue weighted by molar-refractivity contribution is 5.51. The average Bonchev–Trinajstić information content (AvgIpc) is 2.52. The number of allylic oxidation sites excluding steroid dienone is 1. The Hall–Kier alpha value is -1.82. The van der Waals surface area contributed by atoms with Gasteiger partial charge in [-0.2, -0.15) is 0 Å². The molecule has 0 aliphatic carbocycles. The Morgan fingerprint density at radius 3 is 2.10 bits per heavy atom. The Balaban J connectivity index is 2.21. The summed E-state index contributed by atoms with van der Waals surface area (Å²) < 4.78 is 0. The van der Waals surface area contributed by atoms with Gasteiger partial charge in [0.05, 0.1) is 0 Å². The lowest BCUT2D eigenvalue weighted by molar-refractivity contribution is 0.717. The van der Waals surface area contributed by atoms with Gasteiger partial charge in [0.1, 0.15) is 0 Å². The predicted molar refractivity (Wildman–Crippen MR) is 89.0 cm³/mol. The molecule has 0 nitrogen and oxygen atoms in total. The molecule has 0 radical (unpaired) electrons. The molecule has 0 saturated heterocycles. The van der Waals surface area contributed by atoms with Gasteiger partial charge < -0.3 is 0 Å². The molecule has 0 N–H and O–H groups in total. The van der Waals surface area contributed by atoms with E-state index in [1.54, 1.807) is 0 Å². The summed E-state index contributed by atoms with van der Waals surface area (Å²) in [5.74, 6) is 1.07. The van der Waals surface area contributed by atoms with E-state index in [0.29, 0.717) is 11.8 Å². The summed E-state index contributed by atoms with van der Waals surface area (Å²) in [4.78, 5) is 0. The van der Waals surface area contributed by atoms with Gasteiger partial charge in [0, 0.05) is 0 Å². The standard InChI is InChI=1S/C20H24/c1-4-16(2)19-12-8-9-13-20(19)17(3)14-15-18-10-6-5-7-11-18/h5-17H,4H2,1-3H3/b15-14+. The van der Waals surface area contributed by atoms with E-state index < -0.39 is 0 Å². The molecule has 2 rings (SSSR count). The van der Waals surface area contributed by atoms with Gasteiger partial charge in [-0.25, -0.2) is 0 Å². The molecule has 2 aromatic carbocycles. The Kier molecular flexibility index (Phi) is 5.17. The van der Waals surface area contributed by atoms with Crippen LogP contribution in [0.3, 0.4) is 0 Å². The minimum absolute atomic E-state index is 0.445. The molecule has 2 atom stereocenters. The lowest BCUT2D eigenvalue weighted by Gasteiger charge is -2.18. The molecule has 2 aromatic rings. The van der Waals surface area contributed by atoms with E-state index in [2.05, 4.69) is 87.5 Å². The number of rotatable bonds is 5. The molecule has 0 amide bonds. The maximum Gasteiger partial charge on any atom is -0.000427 e. The third kappa shape index (κ3) is 3.60. The summed E-state index contributed by atoms with van der Waals surface area (Å²) in [5.41, 5.74) is 4.20. The summed E-state index contributed by atoms with van der Waals surface area (Å²) >= 11 is 0. The molecule has 0 bridgehead atoms. The summed E-state index contributed by atoms with van der Waals surface area (Å²) in [6, 6.07) is 19.3. The van der Waals surface area contributed by atoms with Crippen molar-refractivity contribution in [1.82, 2.24) is 0 Å². The fourth-order valence-corrected chi connectivity index (χ4v) is 2.52. The molecule has 0 saturated carbocycles. The molecular formula is C20H24. The van der Waals surface area contributed by atoms with Crippen molar-refractivity contribution >= 4 is 6.08 Å². The van der Waals surface area contributed by atoms with Crippen LogP contribution in [0, 0.1) is 0 Å². The minimum Gasteiger partial charge on any atom is -0.0767 e. The second kappa shape index (κ2) is 7.09. The van der Waals surface area contributed by atoms with E-state index in [-0.39, 0.29) is 0 Å². The van der Waals surface area contributed by atoms with Crippen LogP contribution in [-0.4, -0.2) is 0 Å². The largest absolute Gasteiger partial charge is 0.0767 e. The smallest absolute Gasteiger partial charge is 0.000427 e. The first-order valence-electron chi connectivity index (χ1n) is 7.54. The van der Waals surface area contributed by atoms with Crippen molar-refractivity contribution in [1.29, 1.82) is 0 Å². The molecule has 2 unspecified atom stereocenters. The third-order valence-corrected chi connectivity index (χ3v) is 4.01. The van der Waals surface area contributed by atoms with Gasteiger partial charge in [-0.15, -0.1) is 0 Å². The normalized spacial score (nSPS) is 14.3. The van der Waals surface area contributed by atoms with Crippen LogP contribution < -0.4 is 0 Å². The zero-order valence-electron chi connectivity index (χ0n) is 12.7. The fraction of sp³-hybridized carbons (Fsp3) is 0.300. The second-order valence-electron chi connectivity index (χ2n) is 5.50. The van der Waals surface area contributed by atoms with Gasteiger partial charge >= 0.3 is 0 Å². The SMILES string of the molecule is CCC(C)c1ccccc1C(C)/C=C/c1ccccc1. The number of hydrogen-bond donors (Lipinski definition) is 0. The van der Waals surface area contributed by atoms with Crippen LogP contribution >= 0.6 is 0 Å². The molecule has 0 aliphatic rings. The molecule has 104 valence electrons. The van der Waals surface area contributed by atoms with Crippen molar-refractivity contribution in [3.8, 4) is 0 Å². The molecule has 0 heterocycles. The second-order valence-corrected chi connectivity index (χ2v) is 5.50. The first-order valence-corrected chi connectivity index (χ1v) is 7.54. The Morgan fingerprint density at radius 1 is 0.850 bits per heavy atom. The summed E-state index contributed by atoms with van der Waals surface area (Å²) in [5, 5.41) is 0. The quantitative estimate of drug-likeness (QED) is 0.619. The fourth-order valence-electron chi connectivity index (χ4n) is 2.52. The summed E-state index contributed by atoms with van der Waals surface area (Å²) in [7, 11) is 0. The van der Waals surface area contributed by atoms with Crippen molar-refractivity contribution in [2.24, 2.45) is 0 Å². The predicted octanol–water partition coefficient (Wildman–Crippen LogP) is 6.02. The van der Waals surface area contributed by atoms with Gasteiger partial charge in [-0.1, -0.05) is 87.5 Å². The number of hydrogen-bond acceptors (Lipinski definition) is 0. The Bertz CT molecular complexity index is 551. The first-order chi connectivity index (χ1) is 9.72. The van der Waals surface area contributed by atoms with Crippen LogP contribution in [0.1, 0.15) is 55.7 Å². The van der Waals surface area contributed by atoms with Crippen molar-refractivity contribution in [2.45, 2.75) is 39.0 Å². The van der Waals surface area contributed by atoms with E-state index in [1.165, 1.54) is 23.1 Å². The molecule has 20 heavy (non-hydrogen) atoms. The van der Waals surface area contributed by atoms with Crippen molar-refractivity contribution < 1.29 is 0 Å². The minimum atomic E-state index is 0.445. The van der Waals surface area contributed by atoms with Crippen molar-refractivity contribution in [2.75, 3.05) is 0 Å². The van der Waals surface area contributed by atoms with Crippen LogP contribution in [0.5, 0.6) is 0 Å². The molecule has 0 aliphatic heterocycles. The van der Waals surface area contributed by atoms with E-state index >= 15 is 0 Å². The highest BCUT2D eigenvalue weighted by atomic mass is 14.2. The Morgan fingerprint density at radius 2 is 1.45 bits per heavy atom. The van der Waals surface area contributed by atoms with E-state index in [4.69, 9.17) is 0 Å². The lowest BCUT2D eigenvalue weighted by Crippen LogP contribution is -2.00. The average molecular weight is 264 g/mol. The highest BCUT2D eigenvalue weighted by Crippen LogP contribution is 2.29. The third-order valence-electron chi connectivity index (χ3n) is 4.01. The van der Waals surface area contributed by atoms with Crippen LogP contribution in [0.15, 0.2) is 60.7 Å². The van der Waals surface area contributed by atoms with Crippen molar-refractivity contribution in [3.63, 3.8) is 0 Å². The van der Waals surface area contributed by atoms with Crippen LogP contribution in [-0.2, 0) is 0 Å². The maximum absolute atomic E-state index is 2.31. The number of benzene rings is 2. The topological polar surface area (TPSA) is 0 Å². The summed E-state index contributed by atoms with van der Waals surface area (Å²) in [6.45, 7) is 6.85. The zero-order chi connectivity index (χ0) is 14.4. The summed E-state index contributed by atoms with van der Waals surface area (Å²) in [6.07, 6.45) is 5.71. The van der Waals surface area contributed by atoms with Crippen molar-refractivity contribution in [3.05, 3.63) is 77.4 Å². The molecule has 0 heteroatoms. The lowest BCUT2D eigenvalue weighted by atomic mass is 9.87. The van der Waals surface area contributed by atoms with Gasteiger partial charge in [0.25, 0.3) is 0 Å². The van der Waals surface area contributed by atoms with Gasteiger partial charge in [-0.05, 0) is 34.9 Å². The van der Waals surface area contributed by atoms with Crippen LogP contribution in [0.4, 0.5) is 0 Å². The zero-order valence-corrected chi connectivity index (χ0v) is 12.7. The first kappa shape index (κ1) is 14.6. The molecule has 0 fully saturated rings. The molecule has 0 aromatic heterocycles. The maximum atomic E-state index is 2.31. The van der Waals surface area contributed by atoms with Crippen LogP contribution in [0.25, 0.3) is 6.08 Å².